The average Bonchev–Trinajstić information content (AvgIpc) is 1.84. The van der Waals surface area contributed by atoms with Gasteiger partial charge in [-0.2, -0.15) is 0 Å². The fraction of sp³-hybridized carbons (Fsp3) is 0.750. The van der Waals surface area contributed by atoms with Crippen LogP contribution < -0.4 is 5.32 Å². The summed E-state index contributed by atoms with van der Waals surface area (Å²) in [6, 6.07) is 0. The van der Waals surface area contributed by atoms with Crippen molar-refractivity contribution < 1.29 is 5.11 Å². The normalized spacial score (nSPS) is 8.38. The second-order valence-electron chi connectivity index (χ2n) is 1.39. The van der Waals surface area contributed by atoms with Gasteiger partial charge in [0.1, 0.15) is 6.73 Å². The van der Waals surface area contributed by atoms with Crippen LogP contribution in [0.15, 0.2) is 0 Å². The molecular formula is C4H10N2OS. The third kappa shape index (κ3) is 2.09. The average molecular weight is 134 g/mol. The molecule has 0 saturated carbocycles. The highest BCUT2D eigenvalue weighted by Gasteiger charge is 1.95. The summed E-state index contributed by atoms with van der Waals surface area (Å²) in [6.45, 7) is -0.0420. The number of thiocarbonyl (C=S) groups is 1. The predicted molar refractivity (Wildman–Crippen MR) is 36.5 cm³/mol. The molecule has 0 fully saturated rings. The Morgan fingerprint density at radius 3 is 2.50 bits per heavy atom. The Hall–Kier alpha value is -0.350. The number of aliphatic hydroxyl groups excluding tert-OH is 1. The quantitative estimate of drug-likeness (QED) is 0.370. The van der Waals surface area contributed by atoms with Crippen LogP contribution in [-0.4, -0.2) is 35.9 Å². The number of nitrogens with zero attached hydrogens (tertiary/aromatic N) is 1. The van der Waals surface area contributed by atoms with E-state index in [2.05, 4.69) is 5.32 Å². The van der Waals surface area contributed by atoms with Crippen LogP contribution in [0.3, 0.4) is 0 Å². The number of rotatable bonds is 1. The van der Waals surface area contributed by atoms with Gasteiger partial charge < -0.3 is 15.3 Å². The highest BCUT2D eigenvalue weighted by atomic mass is 32.1. The molecule has 8 heavy (non-hydrogen) atoms. The molecule has 0 aliphatic heterocycles. The minimum atomic E-state index is -0.0420. The van der Waals surface area contributed by atoms with Crippen molar-refractivity contribution in [3.63, 3.8) is 0 Å². The lowest BCUT2D eigenvalue weighted by atomic mass is 10.8. The second-order valence-corrected chi connectivity index (χ2v) is 1.78. The summed E-state index contributed by atoms with van der Waals surface area (Å²) >= 11 is 4.73. The van der Waals surface area contributed by atoms with Crippen LogP contribution in [0.1, 0.15) is 0 Å². The molecule has 0 heterocycles. The van der Waals surface area contributed by atoms with Crippen molar-refractivity contribution in [2.75, 3.05) is 20.8 Å². The minimum Gasteiger partial charge on any atom is -0.376 e. The molecule has 0 rings (SSSR count). The maximum Gasteiger partial charge on any atom is 0.170 e. The van der Waals surface area contributed by atoms with Gasteiger partial charge in [-0.25, -0.2) is 0 Å². The highest BCUT2D eigenvalue weighted by molar-refractivity contribution is 7.80. The first-order valence-corrected chi connectivity index (χ1v) is 2.67. The molecule has 48 valence electrons. The molecule has 0 radical (unpaired) electrons. The highest BCUT2D eigenvalue weighted by Crippen LogP contribution is 1.77. The van der Waals surface area contributed by atoms with Gasteiger partial charge in [-0.15, -0.1) is 0 Å². The van der Waals surface area contributed by atoms with E-state index in [1.54, 1.807) is 14.1 Å². The summed E-state index contributed by atoms with van der Waals surface area (Å²) in [6.07, 6.45) is 0. The minimum absolute atomic E-state index is 0.0420. The van der Waals surface area contributed by atoms with Crippen molar-refractivity contribution >= 4 is 17.3 Å². The first-order chi connectivity index (χ1) is 3.72. The number of aliphatic hydroxyl groups is 1. The van der Waals surface area contributed by atoms with Crippen molar-refractivity contribution in [1.82, 2.24) is 10.2 Å². The van der Waals surface area contributed by atoms with Crippen LogP contribution in [0.2, 0.25) is 0 Å². The first-order valence-electron chi connectivity index (χ1n) is 2.26. The Kier molecular flexibility index (Phi) is 3.47. The first kappa shape index (κ1) is 7.65. The van der Waals surface area contributed by atoms with Crippen molar-refractivity contribution in [3.8, 4) is 0 Å². The van der Waals surface area contributed by atoms with Crippen LogP contribution in [0.5, 0.6) is 0 Å². The van der Waals surface area contributed by atoms with Crippen LogP contribution in [0.25, 0.3) is 0 Å². The summed E-state index contributed by atoms with van der Waals surface area (Å²) in [7, 11) is 3.42. The monoisotopic (exact) mass is 134 g/mol. The molecule has 4 heteroatoms. The lowest BCUT2D eigenvalue weighted by Gasteiger charge is -2.14. The van der Waals surface area contributed by atoms with Crippen LogP contribution in [-0.2, 0) is 0 Å². The Morgan fingerprint density at radius 1 is 1.88 bits per heavy atom. The van der Waals surface area contributed by atoms with E-state index in [1.165, 1.54) is 4.90 Å². The van der Waals surface area contributed by atoms with E-state index in [0.717, 1.165) is 0 Å². The fourth-order valence-corrected chi connectivity index (χ4v) is 0.313. The van der Waals surface area contributed by atoms with Gasteiger partial charge in [-0.05, 0) is 12.2 Å². The molecule has 0 saturated heterocycles. The molecule has 0 unspecified atom stereocenters. The molecule has 2 N–H and O–H groups in total. The standard InChI is InChI=1S/C4H10N2OS/c1-5-4(8)6(2)3-7/h7H,3H2,1-2H3,(H,5,8). The van der Waals surface area contributed by atoms with Crippen LogP contribution in [0.4, 0.5) is 0 Å². The Morgan fingerprint density at radius 2 is 2.38 bits per heavy atom. The van der Waals surface area contributed by atoms with Crippen molar-refractivity contribution in [1.29, 1.82) is 0 Å². The summed E-state index contributed by atoms with van der Waals surface area (Å²) in [5.41, 5.74) is 0. The lowest BCUT2D eigenvalue weighted by molar-refractivity contribution is 0.191. The van der Waals surface area contributed by atoms with Crippen LogP contribution >= 0.6 is 12.2 Å². The maximum atomic E-state index is 8.43. The molecule has 0 aliphatic carbocycles. The van der Waals surface area contributed by atoms with Crippen molar-refractivity contribution in [3.05, 3.63) is 0 Å². The summed E-state index contributed by atoms with van der Waals surface area (Å²) in [5.74, 6) is 0. The second kappa shape index (κ2) is 3.63. The molecule has 3 nitrogen and oxygen atoms in total. The molecule has 0 aliphatic rings. The third-order valence-electron chi connectivity index (χ3n) is 0.773. The van der Waals surface area contributed by atoms with E-state index < -0.39 is 0 Å². The molecule has 0 aromatic carbocycles. The van der Waals surface area contributed by atoms with Gasteiger partial charge in [-0.3, -0.25) is 0 Å². The zero-order valence-electron chi connectivity index (χ0n) is 5.01. The largest absolute Gasteiger partial charge is 0.376 e. The van der Waals surface area contributed by atoms with Gasteiger partial charge in [0.05, 0.1) is 0 Å². The molecule has 0 aromatic rings. The van der Waals surface area contributed by atoms with E-state index in [9.17, 15) is 0 Å². The van der Waals surface area contributed by atoms with Gasteiger partial charge in [0.25, 0.3) is 0 Å². The molecular weight excluding hydrogens is 124 g/mol. The zero-order chi connectivity index (χ0) is 6.57. The zero-order valence-corrected chi connectivity index (χ0v) is 5.83. The Labute approximate surface area is 54.3 Å². The van der Waals surface area contributed by atoms with Gasteiger partial charge >= 0.3 is 0 Å². The van der Waals surface area contributed by atoms with E-state index in [0.29, 0.717) is 5.11 Å². The third-order valence-corrected chi connectivity index (χ3v) is 1.29. The smallest absolute Gasteiger partial charge is 0.170 e. The van der Waals surface area contributed by atoms with E-state index in [4.69, 9.17) is 17.3 Å². The van der Waals surface area contributed by atoms with Gasteiger partial charge in [0.15, 0.2) is 5.11 Å². The predicted octanol–water partition coefficient (Wildman–Crippen LogP) is -0.628. The SMILES string of the molecule is CNC(=S)N(C)CO. The van der Waals surface area contributed by atoms with Crippen molar-refractivity contribution in [2.45, 2.75) is 0 Å². The summed E-state index contributed by atoms with van der Waals surface area (Å²) in [5, 5.41) is 11.7. The lowest BCUT2D eigenvalue weighted by Crippen LogP contribution is -2.34. The molecule has 0 amide bonds. The van der Waals surface area contributed by atoms with Gasteiger partial charge in [0, 0.05) is 14.1 Å². The molecule has 0 spiro atoms. The maximum absolute atomic E-state index is 8.43. The van der Waals surface area contributed by atoms with Gasteiger partial charge in [-0.1, -0.05) is 0 Å². The van der Waals surface area contributed by atoms with Crippen LogP contribution in [0, 0.1) is 0 Å². The molecule has 0 atom stereocenters. The fourth-order valence-electron chi connectivity index (χ4n) is 0.255. The number of hydrogen-bond donors (Lipinski definition) is 2. The molecule has 0 aromatic heterocycles. The Balaban J connectivity index is 3.46. The van der Waals surface area contributed by atoms with Gasteiger partial charge in [0.2, 0.25) is 0 Å². The topological polar surface area (TPSA) is 35.5 Å². The number of hydrogen-bond acceptors (Lipinski definition) is 2. The number of nitrogens with one attached hydrogen (secondary N) is 1. The summed E-state index contributed by atoms with van der Waals surface area (Å²) < 4.78 is 0. The van der Waals surface area contributed by atoms with E-state index in [-0.39, 0.29) is 6.73 Å². The Bertz CT molecular complexity index is 86.1. The summed E-state index contributed by atoms with van der Waals surface area (Å²) in [4.78, 5) is 1.52. The molecule has 0 bridgehead atoms. The van der Waals surface area contributed by atoms with E-state index in [1.807, 2.05) is 0 Å². The van der Waals surface area contributed by atoms with E-state index >= 15 is 0 Å². The van der Waals surface area contributed by atoms with Crippen molar-refractivity contribution in [2.24, 2.45) is 0 Å².